The summed E-state index contributed by atoms with van der Waals surface area (Å²) in [5, 5.41) is 0.851. The summed E-state index contributed by atoms with van der Waals surface area (Å²) in [7, 11) is 0. The monoisotopic (exact) mass is 252 g/mol. The van der Waals surface area contributed by atoms with Crippen LogP contribution in [0.4, 0.5) is 0 Å². The Labute approximate surface area is 109 Å². The van der Waals surface area contributed by atoms with Gasteiger partial charge in [0.05, 0.1) is 0 Å². The highest BCUT2D eigenvalue weighted by atomic mass is 35.5. The van der Waals surface area contributed by atoms with Crippen LogP contribution in [0.1, 0.15) is 31.4 Å². The van der Waals surface area contributed by atoms with Gasteiger partial charge in [0.2, 0.25) is 0 Å². The van der Waals surface area contributed by atoms with Crippen LogP contribution in [0.15, 0.2) is 18.2 Å². The molecule has 0 radical (unpaired) electrons. The minimum Gasteiger partial charge on any atom is -0.271 e. The molecule has 2 unspecified atom stereocenters. The average molecular weight is 253 g/mol. The molecule has 17 heavy (non-hydrogen) atoms. The molecule has 0 saturated heterocycles. The molecule has 0 spiro atoms. The molecule has 2 rings (SSSR count). The number of hydrogen-bond acceptors (Lipinski definition) is 2. The Hall–Kier alpha value is -0.570. The molecule has 2 atom stereocenters. The van der Waals surface area contributed by atoms with E-state index < -0.39 is 0 Å². The Bertz CT molecular complexity index is 415. The molecule has 0 bridgehead atoms. The fraction of sp³-hybridized carbons (Fsp3) is 0.571. The summed E-state index contributed by atoms with van der Waals surface area (Å²) in [5.41, 5.74) is 5.76. The van der Waals surface area contributed by atoms with Crippen LogP contribution < -0.4 is 11.3 Å². The molecule has 1 aromatic rings. The first-order valence-electron chi connectivity index (χ1n) is 6.15. The summed E-state index contributed by atoms with van der Waals surface area (Å²) in [5.74, 6) is 6.33. The standard InChI is InChI=1S/C14H21ClN2/c1-9-4-5-10(12(15)6-9)7-13(17-16)11-8-14(11,2)3/h4-6,11,13,17H,7-8,16H2,1-3H3. The van der Waals surface area contributed by atoms with E-state index >= 15 is 0 Å². The third-order valence-corrected chi connectivity index (χ3v) is 4.29. The fourth-order valence-electron chi connectivity index (χ4n) is 2.57. The van der Waals surface area contributed by atoms with Crippen LogP contribution in [-0.2, 0) is 6.42 Å². The maximum atomic E-state index is 6.26. The van der Waals surface area contributed by atoms with Crippen LogP contribution >= 0.6 is 11.6 Å². The minimum atomic E-state index is 0.324. The van der Waals surface area contributed by atoms with Gasteiger partial charge in [-0.15, -0.1) is 0 Å². The normalized spacial score (nSPS) is 23.5. The van der Waals surface area contributed by atoms with Crippen molar-refractivity contribution in [3.63, 3.8) is 0 Å². The van der Waals surface area contributed by atoms with Gasteiger partial charge in [0.25, 0.3) is 0 Å². The molecule has 3 N–H and O–H groups in total. The van der Waals surface area contributed by atoms with E-state index in [4.69, 9.17) is 17.4 Å². The van der Waals surface area contributed by atoms with E-state index in [1.54, 1.807) is 0 Å². The van der Waals surface area contributed by atoms with Crippen molar-refractivity contribution in [2.24, 2.45) is 17.2 Å². The van der Waals surface area contributed by atoms with Crippen molar-refractivity contribution in [1.82, 2.24) is 5.43 Å². The number of nitrogens with two attached hydrogens (primary N) is 1. The van der Waals surface area contributed by atoms with Crippen molar-refractivity contribution in [3.8, 4) is 0 Å². The van der Waals surface area contributed by atoms with Gasteiger partial charge in [0, 0.05) is 11.1 Å². The van der Waals surface area contributed by atoms with Gasteiger partial charge in [0.1, 0.15) is 0 Å². The van der Waals surface area contributed by atoms with Gasteiger partial charge >= 0.3 is 0 Å². The lowest BCUT2D eigenvalue weighted by molar-refractivity contribution is 0.409. The van der Waals surface area contributed by atoms with Crippen molar-refractivity contribution in [2.45, 2.75) is 39.7 Å². The Morgan fingerprint density at radius 3 is 2.65 bits per heavy atom. The molecule has 2 nitrogen and oxygen atoms in total. The van der Waals surface area contributed by atoms with Crippen molar-refractivity contribution in [1.29, 1.82) is 0 Å². The molecule has 1 aromatic carbocycles. The number of hydrogen-bond donors (Lipinski definition) is 2. The predicted molar refractivity (Wildman–Crippen MR) is 72.9 cm³/mol. The summed E-state index contributed by atoms with van der Waals surface area (Å²) < 4.78 is 0. The van der Waals surface area contributed by atoms with Crippen LogP contribution in [0.3, 0.4) is 0 Å². The van der Waals surface area contributed by atoms with E-state index in [2.05, 4.69) is 38.3 Å². The lowest BCUT2D eigenvalue weighted by Gasteiger charge is -2.18. The topological polar surface area (TPSA) is 38.0 Å². The Balaban J connectivity index is 2.09. The molecule has 94 valence electrons. The Morgan fingerprint density at radius 2 is 2.18 bits per heavy atom. The lowest BCUT2D eigenvalue weighted by atomic mass is 9.97. The maximum Gasteiger partial charge on any atom is 0.0441 e. The largest absolute Gasteiger partial charge is 0.271 e. The third-order valence-electron chi connectivity index (χ3n) is 3.94. The highest BCUT2D eigenvalue weighted by Crippen LogP contribution is 2.54. The molecule has 1 aliphatic carbocycles. The summed E-state index contributed by atoms with van der Waals surface area (Å²) in [6.45, 7) is 6.63. The summed E-state index contributed by atoms with van der Waals surface area (Å²) in [6, 6.07) is 6.55. The van der Waals surface area contributed by atoms with Crippen molar-refractivity contribution < 1.29 is 0 Å². The number of rotatable bonds is 4. The lowest BCUT2D eigenvalue weighted by Crippen LogP contribution is -2.39. The molecule has 3 heteroatoms. The fourth-order valence-corrected chi connectivity index (χ4v) is 2.88. The predicted octanol–water partition coefficient (Wildman–Crippen LogP) is 3.07. The first-order chi connectivity index (χ1) is 7.94. The van der Waals surface area contributed by atoms with E-state index in [9.17, 15) is 0 Å². The molecule has 0 amide bonds. The van der Waals surface area contributed by atoms with Crippen LogP contribution in [0, 0.1) is 18.3 Å². The van der Waals surface area contributed by atoms with E-state index in [1.807, 2.05) is 6.07 Å². The van der Waals surface area contributed by atoms with Gasteiger partial charge in [-0.05, 0) is 48.3 Å². The Kier molecular flexibility index (Phi) is 3.48. The first-order valence-corrected chi connectivity index (χ1v) is 6.53. The van der Waals surface area contributed by atoms with Gasteiger partial charge in [0.15, 0.2) is 0 Å². The Morgan fingerprint density at radius 1 is 1.53 bits per heavy atom. The quantitative estimate of drug-likeness (QED) is 0.639. The van der Waals surface area contributed by atoms with Gasteiger partial charge in [-0.3, -0.25) is 11.3 Å². The molecular weight excluding hydrogens is 232 g/mol. The molecule has 1 fully saturated rings. The highest BCUT2D eigenvalue weighted by molar-refractivity contribution is 6.31. The van der Waals surface area contributed by atoms with Gasteiger partial charge in [-0.1, -0.05) is 37.6 Å². The van der Waals surface area contributed by atoms with Crippen LogP contribution in [0.5, 0.6) is 0 Å². The van der Waals surface area contributed by atoms with E-state index in [1.165, 1.54) is 17.5 Å². The molecule has 0 aliphatic heterocycles. The molecule has 0 heterocycles. The van der Waals surface area contributed by atoms with E-state index in [-0.39, 0.29) is 0 Å². The minimum absolute atomic E-state index is 0.324. The zero-order valence-corrected chi connectivity index (χ0v) is 11.5. The second kappa shape index (κ2) is 4.60. The second-order valence-electron chi connectivity index (χ2n) is 5.87. The highest BCUT2D eigenvalue weighted by Gasteiger charge is 2.49. The average Bonchev–Trinajstić information content (AvgIpc) is 2.86. The van der Waals surface area contributed by atoms with Crippen molar-refractivity contribution in [2.75, 3.05) is 0 Å². The third kappa shape index (κ3) is 2.82. The van der Waals surface area contributed by atoms with E-state index in [0.29, 0.717) is 17.4 Å². The summed E-state index contributed by atoms with van der Waals surface area (Å²) in [4.78, 5) is 0. The summed E-state index contributed by atoms with van der Waals surface area (Å²) in [6.07, 6.45) is 2.15. The zero-order valence-electron chi connectivity index (χ0n) is 10.8. The van der Waals surface area contributed by atoms with Gasteiger partial charge in [-0.2, -0.15) is 0 Å². The van der Waals surface area contributed by atoms with Crippen LogP contribution in [-0.4, -0.2) is 6.04 Å². The number of aryl methyl sites for hydroxylation is 1. The second-order valence-corrected chi connectivity index (χ2v) is 6.28. The number of hydrazine groups is 1. The summed E-state index contributed by atoms with van der Waals surface area (Å²) >= 11 is 6.26. The SMILES string of the molecule is Cc1ccc(CC(NN)C2CC2(C)C)c(Cl)c1. The molecule has 0 aromatic heterocycles. The smallest absolute Gasteiger partial charge is 0.0441 e. The van der Waals surface area contributed by atoms with Gasteiger partial charge in [-0.25, -0.2) is 0 Å². The number of halogens is 1. The van der Waals surface area contributed by atoms with Gasteiger partial charge < -0.3 is 0 Å². The van der Waals surface area contributed by atoms with Crippen LogP contribution in [0.25, 0.3) is 0 Å². The maximum absolute atomic E-state index is 6.26. The molecule has 1 aliphatic rings. The number of benzene rings is 1. The zero-order chi connectivity index (χ0) is 12.6. The van der Waals surface area contributed by atoms with Crippen molar-refractivity contribution in [3.05, 3.63) is 34.3 Å². The molecular formula is C14H21ClN2. The first kappa shape index (κ1) is 12.9. The van der Waals surface area contributed by atoms with Crippen molar-refractivity contribution >= 4 is 11.6 Å². The molecule has 1 saturated carbocycles. The number of nitrogens with one attached hydrogen (secondary N) is 1. The van der Waals surface area contributed by atoms with E-state index in [0.717, 1.165) is 11.4 Å². The van der Waals surface area contributed by atoms with Crippen LogP contribution in [0.2, 0.25) is 5.02 Å².